The highest BCUT2D eigenvalue weighted by Crippen LogP contribution is 2.54. The van der Waals surface area contributed by atoms with Crippen LogP contribution in [0.1, 0.15) is 25.0 Å². The third kappa shape index (κ3) is 2.58. The van der Waals surface area contributed by atoms with Gasteiger partial charge in [0.25, 0.3) is 0 Å². The quantitative estimate of drug-likeness (QED) is 0.207. The fourth-order valence-corrected chi connectivity index (χ4v) is 7.83. The first-order valence-electron chi connectivity index (χ1n) is 14.6. The zero-order valence-corrected chi connectivity index (χ0v) is 23.3. The van der Waals surface area contributed by atoms with E-state index in [1.165, 1.54) is 66.8 Å². The molecular weight excluding hydrogens is 512 g/mol. The molecule has 3 heteroatoms. The molecule has 0 atom stereocenters. The van der Waals surface area contributed by atoms with Crippen LogP contribution in [0.25, 0.3) is 60.6 Å². The van der Waals surface area contributed by atoms with E-state index in [-0.39, 0.29) is 5.41 Å². The lowest BCUT2D eigenvalue weighted by Crippen LogP contribution is -2.19. The van der Waals surface area contributed by atoms with Crippen molar-refractivity contribution in [2.24, 2.45) is 0 Å². The summed E-state index contributed by atoms with van der Waals surface area (Å²) in [5.41, 5.74) is 14.4. The van der Waals surface area contributed by atoms with Crippen molar-refractivity contribution in [3.63, 3.8) is 0 Å². The van der Waals surface area contributed by atoms with Crippen LogP contribution in [-0.4, -0.2) is 4.57 Å². The van der Waals surface area contributed by atoms with Crippen LogP contribution in [0.15, 0.2) is 126 Å². The second kappa shape index (κ2) is 7.51. The molecule has 10 rings (SSSR count). The monoisotopic (exact) mass is 538 g/mol. The first kappa shape index (κ1) is 22.4. The number of para-hydroxylation sites is 4. The van der Waals surface area contributed by atoms with Gasteiger partial charge in [-0.05, 0) is 70.8 Å². The van der Waals surface area contributed by atoms with E-state index < -0.39 is 0 Å². The Hall–Kier alpha value is -5.28. The maximum Gasteiger partial charge on any atom is 0.145 e. The number of anilines is 3. The summed E-state index contributed by atoms with van der Waals surface area (Å²) < 4.78 is 9.00. The van der Waals surface area contributed by atoms with Gasteiger partial charge >= 0.3 is 0 Å². The molecule has 0 radical (unpaired) electrons. The summed E-state index contributed by atoms with van der Waals surface area (Å²) >= 11 is 0. The van der Waals surface area contributed by atoms with Crippen molar-refractivity contribution < 1.29 is 4.42 Å². The van der Waals surface area contributed by atoms with Gasteiger partial charge in [-0.1, -0.05) is 86.6 Å². The van der Waals surface area contributed by atoms with Crippen molar-refractivity contribution in [1.82, 2.24) is 4.57 Å². The molecule has 8 aromatic rings. The summed E-state index contributed by atoms with van der Waals surface area (Å²) in [7, 11) is 0. The second-order valence-corrected chi connectivity index (χ2v) is 12.2. The minimum Gasteiger partial charge on any atom is -0.455 e. The van der Waals surface area contributed by atoms with Crippen LogP contribution in [0, 0.1) is 0 Å². The van der Waals surface area contributed by atoms with Crippen molar-refractivity contribution in [1.29, 1.82) is 0 Å². The fraction of sp³-hybridized carbons (Fsp3) is 0.0769. The largest absolute Gasteiger partial charge is 0.455 e. The van der Waals surface area contributed by atoms with Gasteiger partial charge in [-0.2, -0.15) is 0 Å². The van der Waals surface area contributed by atoms with Crippen LogP contribution in [0.2, 0.25) is 0 Å². The van der Waals surface area contributed by atoms with E-state index in [4.69, 9.17) is 4.42 Å². The number of nitrogens with zero attached hydrogens (tertiary/aromatic N) is 2. The van der Waals surface area contributed by atoms with Gasteiger partial charge in [0.1, 0.15) is 11.2 Å². The Kier molecular flexibility index (Phi) is 4.01. The summed E-state index contributed by atoms with van der Waals surface area (Å²) in [5.74, 6) is 0. The summed E-state index contributed by atoms with van der Waals surface area (Å²) in [6, 6.07) is 44.2. The van der Waals surface area contributed by atoms with E-state index >= 15 is 0 Å². The zero-order valence-electron chi connectivity index (χ0n) is 23.3. The van der Waals surface area contributed by atoms with Crippen molar-refractivity contribution in [2.45, 2.75) is 19.3 Å². The average molecular weight is 539 g/mol. The minimum atomic E-state index is -0.0644. The Morgan fingerprint density at radius 1 is 0.571 bits per heavy atom. The highest BCUT2D eigenvalue weighted by molar-refractivity contribution is 6.26. The molecule has 0 unspecified atom stereocenters. The molecule has 2 aromatic heterocycles. The van der Waals surface area contributed by atoms with Crippen LogP contribution in [-0.2, 0) is 5.41 Å². The highest BCUT2D eigenvalue weighted by Gasteiger charge is 2.36. The fourth-order valence-electron chi connectivity index (χ4n) is 7.83. The number of fused-ring (bicyclic) bond motifs is 12. The predicted molar refractivity (Wildman–Crippen MR) is 174 cm³/mol. The van der Waals surface area contributed by atoms with E-state index in [9.17, 15) is 0 Å². The number of hydrogen-bond acceptors (Lipinski definition) is 2. The number of hydrogen-bond donors (Lipinski definition) is 0. The van der Waals surface area contributed by atoms with Gasteiger partial charge in [-0.25, -0.2) is 0 Å². The van der Waals surface area contributed by atoms with Crippen LogP contribution in [0.4, 0.5) is 17.1 Å². The third-order valence-electron chi connectivity index (χ3n) is 9.70. The van der Waals surface area contributed by atoms with Crippen molar-refractivity contribution in [3.05, 3.63) is 132 Å². The highest BCUT2D eigenvalue weighted by atomic mass is 16.3. The zero-order chi connectivity index (χ0) is 27.7. The van der Waals surface area contributed by atoms with Gasteiger partial charge in [0.2, 0.25) is 0 Å². The standard InChI is InChI=1S/C39H26N2O/c1-39(2)29-13-5-3-10-24(29)25-19-18-23(22-30(25)39)40-31-14-6-7-15-32(31)41-33-21-20-27-26-11-4-8-17-35(26)42-38(27)36(33)28-12-9-16-34(40)37(28)41/h3-22H,1-2H3. The lowest BCUT2D eigenvalue weighted by molar-refractivity contribution is 0.660. The molecule has 198 valence electrons. The molecule has 2 aliphatic rings. The van der Waals surface area contributed by atoms with Gasteiger partial charge in [0.15, 0.2) is 0 Å². The number of furan rings is 1. The van der Waals surface area contributed by atoms with Gasteiger partial charge in [0, 0.05) is 27.3 Å². The summed E-state index contributed by atoms with van der Waals surface area (Å²) in [6.45, 7) is 4.70. The molecule has 3 heterocycles. The van der Waals surface area contributed by atoms with Crippen molar-refractivity contribution in [3.8, 4) is 16.8 Å². The lowest BCUT2D eigenvalue weighted by atomic mass is 9.82. The van der Waals surface area contributed by atoms with Crippen LogP contribution < -0.4 is 4.90 Å². The molecule has 1 aliphatic heterocycles. The molecule has 1 aliphatic carbocycles. The molecule has 42 heavy (non-hydrogen) atoms. The first-order valence-corrected chi connectivity index (χ1v) is 14.6. The molecule has 0 amide bonds. The van der Waals surface area contributed by atoms with Gasteiger partial charge < -0.3 is 13.9 Å². The Balaban J connectivity index is 1.30. The molecule has 0 saturated heterocycles. The first-order chi connectivity index (χ1) is 20.6. The van der Waals surface area contributed by atoms with Gasteiger partial charge in [-0.3, -0.25) is 0 Å². The lowest BCUT2D eigenvalue weighted by Gasteiger charge is -2.34. The van der Waals surface area contributed by atoms with Crippen LogP contribution >= 0.6 is 0 Å². The molecule has 0 N–H and O–H groups in total. The maximum absolute atomic E-state index is 6.57. The molecule has 3 nitrogen and oxygen atoms in total. The van der Waals surface area contributed by atoms with E-state index in [0.29, 0.717) is 0 Å². The number of aromatic nitrogens is 1. The Morgan fingerprint density at radius 2 is 1.31 bits per heavy atom. The minimum absolute atomic E-state index is 0.0644. The van der Waals surface area contributed by atoms with Gasteiger partial charge in [-0.15, -0.1) is 0 Å². The van der Waals surface area contributed by atoms with Crippen molar-refractivity contribution >= 4 is 60.8 Å². The van der Waals surface area contributed by atoms with Crippen LogP contribution in [0.5, 0.6) is 0 Å². The average Bonchev–Trinajstić information content (AvgIpc) is 3.65. The Labute approximate surface area is 242 Å². The maximum atomic E-state index is 6.57. The summed E-state index contributed by atoms with van der Waals surface area (Å²) in [6.07, 6.45) is 0. The Bertz CT molecular complexity index is 2460. The van der Waals surface area contributed by atoms with E-state index in [1.54, 1.807) is 0 Å². The molecule has 0 saturated carbocycles. The molecular formula is C39H26N2O. The Morgan fingerprint density at radius 3 is 2.24 bits per heavy atom. The van der Waals surface area contributed by atoms with Crippen molar-refractivity contribution in [2.75, 3.05) is 4.90 Å². The predicted octanol–water partition coefficient (Wildman–Crippen LogP) is 10.8. The number of rotatable bonds is 1. The molecule has 0 bridgehead atoms. The topological polar surface area (TPSA) is 21.3 Å². The smallest absolute Gasteiger partial charge is 0.145 e. The molecule has 6 aromatic carbocycles. The SMILES string of the molecule is CC1(C)c2ccccc2-c2ccc(N3c4ccccc4-n4c5ccc6c7ccccc7oc6c5c5cccc3c54)cc21. The molecule has 0 spiro atoms. The van der Waals surface area contributed by atoms with E-state index in [1.807, 2.05) is 6.07 Å². The third-order valence-corrected chi connectivity index (χ3v) is 9.70. The second-order valence-electron chi connectivity index (χ2n) is 12.2. The number of benzene rings is 6. The van der Waals surface area contributed by atoms with Crippen LogP contribution in [0.3, 0.4) is 0 Å². The summed E-state index contributed by atoms with van der Waals surface area (Å²) in [4.78, 5) is 2.45. The normalized spacial score (nSPS) is 14.6. The van der Waals surface area contributed by atoms with E-state index in [2.05, 4.69) is 139 Å². The van der Waals surface area contributed by atoms with Gasteiger partial charge in [0.05, 0.1) is 33.5 Å². The molecule has 0 fully saturated rings. The summed E-state index contributed by atoms with van der Waals surface area (Å²) in [5, 5.41) is 4.70. The van der Waals surface area contributed by atoms with E-state index in [0.717, 1.165) is 21.9 Å².